The van der Waals surface area contributed by atoms with Gasteiger partial charge in [0.2, 0.25) is 5.60 Å². The molecule has 2 heterocycles. The molecule has 0 aromatic heterocycles. The van der Waals surface area contributed by atoms with Crippen LogP contribution < -0.4 is 0 Å². The highest BCUT2D eigenvalue weighted by atomic mass is 16.7. The molecule has 218 valence electrons. The predicted octanol–water partition coefficient (Wildman–Crippen LogP) is 4.60. The van der Waals surface area contributed by atoms with E-state index in [1.54, 1.807) is 18.7 Å². The number of cyclic esters (lactones) is 1. The molecule has 2 saturated heterocycles. The number of methoxy groups -OCH3 is 2. The molecule has 2 atom stereocenters. The van der Waals surface area contributed by atoms with Crippen LogP contribution >= 0.6 is 0 Å². The zero-order valence-corrected chi connectivity index (χ0v) is 24.0. The quantitative estimate of drug-likeness (QED) is 0.308. The number of hydrogen-bond acceptors (Lipinski definition) is 8. The minimum atomic E-state index is -1.20. The first-order valence-corrected chi connectivity index (χ1v) is 13.4. The highest BCUT2D eigenvalue weighted by molar-refractivity contribution is 5.71. The second-order valence-electron chi connectivity index (χ2n) is 11.1. The summed E-state index contributed by atoms with van der Waals surface area (Å²) in [5.41, 5.74) is -0.722. The minimum Gasteiger partial charge on any atom is -0.453 e. The molecule has 0 saturated carbocycles. The molecule has 0 spiro atoms. The van der Waals surface area contributed by atoms with Gasteiger partial charge in [0.05, 0.1) is 39.0 Å². The summed E-state index contributed by atoms with van der Waals surface area (Å²) < 4.78 is 20.8. The number of aliphatic hydroxyl groups is 1. The lowest BCUT2D eigenvalue weighted by atomic mass is 9.80. The Bertz CT molecular complexity index is 1320. The molecule has 1 N–H and O–H groups in total. The molecule has 0 bridgehead atoms. The lowest BCUT2D eigenvalue weighted by Crippen LogP contribution is -2.64. The van der Waals surface area contributed by atoms with E-state index in [1.165, 1.54) is 19.1 Å². The number of carbonyl (C=O) groups is 3. The molecule has 2 aromatic carbocycles. The number of benzene rings is 2. The Balaban J connectivity index is 1.47. The van der Waals surface area contributed by atoms with E-state index in [2.05, 4.69) is 16.6 Å². The highest BCUT2D eigenvalue weighted by Gasteiger charge is 2.49. The van der Waals surface area contributed by atoms with Crippen LogP contribution in [0.15, 0.2) is 54.6 Å². The fraction of sp³-hybridized carbons (Fsp3) is 0.452. The van der Waals surface area contributed by atoms with Crippen LogP contribution in [0.5, 0.6) is 0 Å². The van der Waals surface area contributed by atoms with E-state index in [4.69, 9.17) is 14.2 Å². The SMILES string of the molecule is COC(=O)OC1(C#Cc2ccc([C@H](C)N3CCC(CC(C)(C)O)(c4ccccc4)OC3=O)cc2)CN(C(=O)OC)C1. The maximum absolute atomic E-state index is 13.3. The monoisotopic (exact) mass is 564 g/mol. The molecular weight excluding hydrogens is 528 g/mol. The van der Waals surface area contributed by atoms with Gasteiger partial charge < -0.3 is 29.0 Å². The summed E-state index contributed by atoms with van der Waals surface area (Å²) in [6.07, 6.45) is -1.05. The van der Waals surface area contributed by atoms with Crippen molar-refractivity contribution in [1.29, 1.82) is 0 Å². The van der Waals surface area contributed by atoms with E-state index in [-0.39, 0.29) is 25.6 Å². The van der Waals surface area contributed by atoms with Crippen molar-refractivity contribution in [3.05, 3.63) is 71.3 Å². The molecule has 10 nitrogen and oxygen atoms in total. The number of hydrogen-bond donors (Lipinski definition) is 1. The van der Waals surface area contributed by atoms with E-state index in [1.807, 2.05) is 61.5 Å². The summed E-state index contributed by atoms with van der Waals surface area (Å²) in [7, 11) is 2.48. The third-order valence-corrected chi connectivity index (χ3v) is 7.36. The Morgan fingerprint density at radius 3 is 2.29 bits per heavy atom. The van der Waals surface area contributed by atoms with Crippen LogP contribution in [0.4, 0.5) is 14.4 Å². The molecule has 2 amide bonds. The maximum Gasteiger partial charge on any atom is 0.509 e. The molecule has 10 heteroatoms. The number of ether oxygens (including phenoxy) is 4. The van der Waals surface area contributed by atoms with Crippen LogP contribution in [-0.4, -0.2) is 78.3 Å². The molecule has 1 unspecified atom stereocenters. The van der Waals surface area contributed by atoms with Crippen LogP contribution in [-0.2, 0) is 24.5 Å². The maximum atomic E-state index is 13.3. The number of likely N-dealkylation sites (tertiary alicyclic amines) is 1. The smallest absolute Gasteiger partial charge is 0.453 e. The molecule has 2 aromatic rings. The summed E-state index contributed by atoms with van der Waals surface area (Å²) in [6.45, 7) is 5.94. The van der Waals surface area contributed by atoms with Crippen LogP contribution in [0.3, 0.4) is 0 Å². The van der Waals surface area contributed by atoms with Gasteiger partial charge in [-0.15, -0.1) is 0 Å². The van der Waals surface area contributed by atoms with Gasteiger partial charge in [-0.2, -0.15) is 0 Å². The van der Waals surface area contributed by atoms with Gasteiger partial charge in [0.1, 0.15) is 5.60 Å². The molecule has 2 aliphatic rings. The first kappa shape index (κ1) is 29.7. The number of nitrogens with zero attached hydrogens (tertiary/aromatic N) is 2. The fourth-order valence-corrected chi connectivity index (χ4v) is 5.30. The normalized spacial score (nSPS) is 20.5. The Kier molecular flexibility index (Phi) is 8.50. The fourth-order valence-electron chi connectivity index (χ4n) is 5.30. The van der Waals surface area contributed by atoms with Gasteiger partial charge in [0.15, 0.2) is 0 Å². The standard InChI is InChI=1S/C31H36N2O8/c1-22(33-18-17-31(40-27(33)35,19-29(2,3)37)25-9-7-6-8-10-25)24-13-11-23(12-14-24)15-16-30(41-28(36)39-5)20-32(21-30)26(34)38-4/h6-14,22,37H,17-21H2,1-5H3/t22-,31?/m0/s1. The number of rotatable bonds is 6. The van der Waals surface area contributed by atoms with Crippen molar-refractivity contribution in [3.63, 3.8) is 0 Å². The lowest BCUT2D eigenvalue weighted by molar-refractivity contribution is -0.101. The van der Waals surface area contributed by atoms with Crippen molar-refractivity contribution in [2.24, 2.45) is 0 Å². The zero-order chi connectivity index (χ0) is 29.8. The van der Waals surface area contributed by atoms with E-state index in [9.17, 15) is 19.5 Å². The molecular formula is C31H36N2O8. The van der Waals surface area contributed by atoms with Gasteiger partial charge in [-0.05, 0) is 50.0 Å². The third-order valence-electron chi connectivity index (χ3n) is 7.36. The summed E-state index contributed by atoms with van der Waals surface area (Å²) in [4.78, 5) is 39.9. The molecule has 2 fully saturated rings. The van der Waals surface area contributed by atoms with Crippen molar-refractivity contribution < 1.29 is 38.4 Å². The van der Waals surface area contributed by atoms with E-state index in [0.717, 1.165) is 11.1 Å². The van der Waals surface area contributed by atoms with Crippen molar-refractivity contribution >= 4 is 18.3 Å². The second kappa shape index (κ2) is 11.7. The van der Waals surface area contributed by atoms with Crippen molar-refractivity contribution in [2.45, 2.75) is 56.5 Å². The molecule has 0 aliphatic carbocycles. The first-order valence-electron chi connectivity index (χ1n) is 13.4. The van der Waals surface area contributed by atoms with Crippen LogP contribution in [0, 0.1) is 11.8 Å². The summed E-state index contributed by atoms with van der Waals surface area (Å²) in [5, 5.41) is 10.6. The van der Waals surface area contributed by atoms with E-state index < -0.39 is 35.1 Å². The van der Waals surface area contributed by atoms with Gasteiger partial charge in [0, 0.05) is 24.9 Å². The second-order valence-corrected chi connectivity index (χ2v) is 11.1. The Morgan fingerprint density at radius 1 is 1.07 bits per heavy atom. The van der Waals surface area contributed by atoms with E-state index >= 15 is 0 Å². The molecule has 0 radical (unpaired) electrons. The molecule has 2 aliphatic heterocycles. The van der Waals surface area contributed by atoms with Gasteiger partial charge in [0.25, 0.3) is 0 Å². The lowest BCUT2D eigenvalue weighted by Gasteiger charge is -2.45. The topological polar surface area (TPSA) is 115 Å². The first-order chi connectivity index (χ1) is 19.4. The van der Waals surface area contributed by atoms with Gasteiger partial charge in [-0.1, -0.05) is 48.4 Å². The predicted molar refractivity (Wildman–Crippen MR) is 149 cm³/mol. The largest absolute Gasteiger partial charge is 0.509 e. The van der Waals surface area contributed by atoms with Gasteiger partial charge in [-0.25, -0.2) is 14.4 Å². The third kappa shape index (κ3) is 6.74. The van der Waals surface area contributed by atoms with Crippen LogP contribution in [0.25, 0.3) is 0 Å². The summed E-state index contributed by atoms with van der Waals surface area (Å²) in [5.74, 6) is 5.97. The van der Waals surface area contributed by atoms with Crippen LogP contribution in [0.1, 0.15) is 56.3 Å². The zero-order valence-electron chi connectivity index (χ0n) is 24.0. The summed E-state index contributed by atoms with van der Waals surface area (Å²) in [6, 6.07) is 16.7. The van der Waals surface area contributed by atoms with Crippen molar-refractivity contribution in [2.75, 3.05) is 33.9 Å². The average molecular weight is 565 g/mol. The number of carbonyl (C=O) groups excluding carboxylic acids is 3. The highest BCUT2D eigenvalue weighted by Crippen LogP contribution is 2.42. The van der Waals surface area contributed by atoms with Gasteiger partial charge >= 0.3 is 18.3 Å². The molecule has 4 rings (SSSR count). The average Bonchev–Trinajstić information content (AvgIpc) is 2.93. The summed E-state index contributed by atoms with van der Waals surface area (Å²) >= 11 is 0. The van der Waals surface area contributed by atoms with Crippen LogP contribution in [0.2, 0.25) is 0 Å². The Hall–Kier alpha value is -4.23. The van der Waals surface area contributed by atoms with Gasteiger partial charge in [-0.3, -0.25) is 4.90 Å². The minimum absolute atomic E-state index is 0.0614. The Labute approximate surface area is 240 Å². The molecule has 41 heavy (non-hydrogen) atoms. The van der Waals surface area contributed by atoms with Crippen molar-refractivity contribution in [3.8, 4) is 11.8 Å². The number of amides is 2. The van der Waals surface area contributed by atoms with E-state index in [0.29, 0.717) is 18.5 Å². The Morgan fingerprint density at radius 2 is 1.73 bits per heavy atom. The van der Waals surface area contributed by atoms with Crippen molar-refractivity contribution in [1.82, 2.24) is 9.80 Å².